The van der Waals surface area contributed by atoms with Crippen LogP contribution < -0.4 is 15.0 Å². The molecular weight excluding hydrogens is 319 g/mol. The predicted octanol–water partition coefficient (Wildman–Crippen LogP) is 3.38. The molecule has 2 saturated heterocycles. The Labute approximate surface area is 148 Å². The second kappa shape index (κ2) is 7.52. The van der Waals surface area contributed by atoms with Crippen molar-refractivity contribution in [2.24, 2.45) is 5.41 Å². The molecule has 0 bridgehead atoms. The highest BCUT2D eigenvalue weighted by Gasteiger charge is 2.37. The van der Waals surface area contributed by atoms with E-state index in [9.17, 15) is 4.39 Å². The molecule has 0 atom stereocenters. The van der Waals surface area contributed by atoms with Gasteiger partial charge in [0.1, 0.15) is 12.1 Å². The molecule has 1 N–H and O–H groups in total. The minimum atomic E-state index is -0.371. The smallest absolute Gasteiger partial charge is 0.165 e. The minimum Gasteiger partial charge on any atom is -0.494 e. The predicted molar refractivity (Wildman–Crippen MR) is 98.8 cm³/mol. The van der Waals surface area contributed by atoms with Crippen LogP contribution in [-0.4, -0.2) is 43.3 Å². The van der Waals surface area contributed by atoms with Gasteiger partial charge in [0.25, 0.3) is 0 Å². The van der Waals surface area contributed by atoms with Crippen molar-refractivity contribution in [3.8, 4) is 5.75 Å². The van der Waals surface area contributed by atoms with Crippen LogP contribution in [-0.2, 0) is 0 Å². The monoisotopic (exact) mass is 346 g/mol. The van der Waals surface area contributed by atoms with Crippen LogP contribution in [0.3, 0.4) is 0 Å². The summed E-state index contributed by atoms with van der Waals surface area (Å²) in [5, 5.41) is 4.24. The number of piperidine rings is 1. The summed E-state index contributed by atoms with van der Waals surface area (Å²) < 4.78 is 19.1. The van der Waals surface area contributed by atoms with Crippen LogP contribution in [0.15, 0.2) is 18.5 Å². The van der Waals surface area contributed by atoms with Gasteiger partial charge in [0.2, 0.25) is 0 Å². The van der Waals surface area contributed by atoms with Crippen molar-refractivity contribution in [1.29, 1.82) is 0 Å². The maximum absolute atomic E-state index is 14.1. The Morgan fingerprint density at radius 1 is 1.16 bits per heavy atom. The molecule has 6 heteroatoms. The zero-order valence-corrected chi connectivity index (χ0v) is 15.3. The van der Waals surface area contributed by atoms with Crippen molar-refractivity contribution in [3.05, 3.63) is 24.3 Å². The van der Waals surface area contributed by atoms with Gasteiger partial charge in [0, 0.05) is 31.1 Å². The van der Waals surface area contributed by atoms with Gasteiger partial charge in [-0.05, 0) is 37.3 Å². The van der Waals surface area contributed by atoms with Crippen LogP contribution in [0, 0.1) is 11.2 Å². The van der Waals surface area contributed by atoms with E-state index in [4.69, 9.17) is 4.74 Å². The Balaban J connectivity index is 0.000000880. The van der Waals surface area contributed by atoms with Crippen molar-refractivity contribution in [1.82, 2.24) is 15.3 Å². The summed E-state index contributed by atoms with van der Waals surface area (Å²) in [6.07, 6.45) is 5.13. The molecule has 0 radical (unpaired) electrons. The molecule has 5 nitrogen and oxygen atoms in total. The number of methoxy groups -OCH3 is 1. The molecule has 2 aromatic rings. The molecular formula is C19H27FN4O. The summed E-state index contributed by atoms with van der Waals surface area (Å²) in [5.74, 6) is 0.679. The Morgan fingerprint density at radius 2 is 1.92 bits per heavy atom. The number of anilines is 1. The quantitative estimate of drug-likeness (QED) is 0.903. The van der Waals surface area contributed by atoms with Crippen molar-refractivity contribution in [2.75, 3.05) is 38.2 Å². The number of nitrogens with one attached hydrogen (secondary N) is 1. The first kappa shape index (κ1) is 17.9. The Bertz CT molecular complexity index is 721. The normalized spacial score (nSPS) is 19.0. The molecule has 3 heterocycles. The molecule has 4 rings (SSSR count). The van der Waals surface area contributed by atoms with Crippen LogP contribution in [0.25, 0.3) is 10.9 Å². The summed E-state index contributed by atoms with van der Waals surface area (Å²) in [4.78, 5) is 11.0. The summed E-state index contributed by atoms with van der Waals surface area (Å²) in [6, 6.07) is 3.13. The first-order valence-corrected chi connectivity index (χ1v) is 9.15. The molecule has 0 aliphatic carbocycles. The van der Waals surface area contributed by atoms with Crippen LogP contribution in [0.5, 0.6) is 5.75 Å². The number of halogens is 1. The van der Waals surface area contributed by atoms with E-state index < -0.39 is 0 Å². The molecule has 0 saturated carbocycles. The van der Waals surface area contributed by atoms with Gasteiger partial charge >= 0.3 is 0 Å². The first-order chi connectivity index (χ1) is 12.2. The number of nitrogens with zero attached hydrogens (tertiary/aromatic N) is 3. The summed E-state index contributed by atoms with van der Waals surface area (Å²) in [7, 11) is 1.46. The summed E-state index contributed by atoms with van der Waals surface area (Å²) >= 11 is 0. The second-order valence-electron chi connectivity index (χ2n) is 6.62. The van der Waals surface area contributed by atoms with Crippen LogP contribution in [0.4, 0.5) is 10.2 Å². The zero-order chi connectivity index (χ0) is 17.9. The summed E-state index contributed by atoms with van der Waals surface area (Å²) in [6.45, 7) is 8.17. The van der Waals surface area contributed by atoms with Gasteiger partial charge in [-0.25, -0.2) is 14.4 Å². The third-order valence-corrected chi connectivity index (χ3v) is 5.34. The largest absolute Gasteiger partial charge is 0.494 e. The van der Waals surface area contributed by atoms with Gasteiger partial charge in [-0.1, -0.05) is 13.8 Å². The van der Waals surface area contributed by atoms with Gasteiger partial charge in [-0.15, -0.1) is 0 Å². The number of fused-ring (bicyclic) bond motifs is 1. The number of ether oxygens (including phenoxy) is 1. The lowest BCUT2D eigenvalue weighted by Crippen LogP contribution is -2.41. The van der Waals surface area contributed by atoms with E-state index in [0.717, 1.165) is 55.7 Å². The van der Waals surface area contributed by atoms with E-state index in [1.165, 1.54) is 19.6 Å². The SMILES string of the molecule is CC.COc1cc2ncnc(N3CCC4(CCNC4)CC3)c2cc1F. The van der Waals surface area contributed by atoms with Gasteiger partial charge in [-0.3, -0.25) is 0 Å². The number of aromatic nitrogens is 2. The fourth-order valence-electron chi connectivity index (χ4n) is 3.87. The molecule has 25 heavy (non-hydrogen) atoms. The minimum absolute atomic E-state index is 0.219. The molecule has 0 unspecified atom stereocenters. The van der Waals surface area contributed by atoms with Crippen molar-refractivity contribution >= 4 is 16.7 Å². The number of rotatable bonds is 2. The lowest BCUT2D eigenvalue weighted by Gasteiger charge is -2.39. The van der Waals surface area contributed by atoms with E-state index in [0.29, 0.717) is 5.41 Å². The van der Waals surface area contributed by atoms with E-state index in [1.807, 2.05) is 13.8 Å². The van der Waals surface area contributed by atoms with Crippen molar-refractivity contribution < 1.29 is 9.13 Å². The molecule has 2 aliphatic rings. The molecule has 136 valence electrons. The Kier molecular flexibility index (Phi) is 5.37. The second-order valence-corrected chi connectivity index (χ2v) is 6.62. The van der Waals surface area contributed by atoms with E-state index in [2.05, 4.69) is 20.2 Å². The molecule has 1 spiro atoms. The lowest BCUT2D eigenvalue weighted by atomic mass is 9.78. The fraction of sp³-hybridized carbons (Fsp3) is 0.579. The maximum Gasteiger partial charge on any atom is 0.165 e. The molecule has 1 aromatic carbocycles. The average Bonchev–Trinajstić information content (AvgIpc) is 3.11. The standard InChI is InChI=1S/C17H21FN4O.C2H6/c1-23-15-9-14-12(8-13(15)18)16(21-11-20-14)22-6-3-17(4-7-22)2-5-19-10-17;1-2/h8-9,11,19H,2-7,10H2,1H3;1-2H3. The van der Waals surface area contributed by atoms with Gasteiger partial charge < -0.3 is 15.0 Å². The molecule has 0 amide bonds. The third kappa shape index (κ3) is 3.40. The lowest BCUT2D eigenvalue weighted by molar-refractivity contribution is 0.247. The highest BCUT2D eigenvalue weighted by atomic mass is 19.1. The maximum atomic E-state index is 14.1. The van der Waals surface area contributed by atoms with E-state index in [1.54, 1.807) is 12.4 Å². The first-order valence-electron chi connectivity index (χ1n) is 9.15. The Hall–Kier alpha value is -1.95. The van der Waals surface area contributed by atoms with Gasteiger partial charge in [0.05, 0.1) is 12.6 Å². The van der Waals surface area contributed by atoms with Crippen molar-refractivity contribution in [3.63, 3.8) is 0 Å². The number of benzene rings is 1. The molecule has 2 fully saturated rings. The average molecular weight is 346 g/mol. The number of hydrogen-bond donors (Lipinski definition) is 1. The zero-order valence-electron chi connectivity index (χ0n) is 15.3. The third-order valence-electron chi connectivity index (χ3n) is 5.34. The van der Waals surface area contributed by atoms with Gasteiger partial charge in [0.15, 0.2) is 11.6 Å². The Morgan fingerprint density at radius 3 is 2.56 bits per heavy atom. The molecule has 1 aromatic heterocycles. The van der Waals surface area contributed by atoms with Gasteiger partial charge in [-0.2, -0.15) is 0 Å². The van der Waals surface area contributed by atoms with Crippen LogP contribution >= 0.6 is 0 Å². The topological polar surface area (TPSA) is 50.3 Å². The highest BCUT2D eigenvalue weighted by molar-refractivity contribution is 5.90. The van der Waals surface area contributed by atoms with E-state index in [-0.39, 0.29) is 11.6 Å². The highest BCUT2D eigenvalue weighted by Crippen LogP contribution is 2.39. The molecule has 2 aliphatic heterocycles. The summed E-state index contributed by atoms with van der Waals surface area (Å²) in [5.41, 5.74) is 1.17. The number of hydrogen-bond acceptors (Lipinski definition) is 5. The fourth-order valence-corrected chi connectivity index (χ4v) is 3.87. The van der Waals surface area contributed by atoms with Crippen LogP contribution in [0.2, 0.25) is 0 Å². The van der Waals surface area contributed by atoms with Crippen LogP contribution in [0.1, 0.15) is 33.1 Å². The van der Waals surface area contributed by atoms with Crippen molar-refractivity contribution in [2.45, 2.75) is 33.1 Å². The van der Waals surface area contributed by atoms with E-state index >= 15 is 0 Å².